The minimum absolute atomic E-state index is 0.761. The molecule has 2 saturated heterocycles. The minimum atomic E-state index is 0.761. The van der Waals surface area contributed by atoms with Gasteiger partial charge in [0.05, 0.1) is 22.1 Å². The maximum Gasteiger partial charge on any atom is 0.221 e. The van der Waals surface area contributed by atoms with Crippen molar-refractivity contribution in [3.8, 4) is 11.4 Å². The molecule has 4 aromatic carbocycles. The number of pyridine rings is 2. The summed E-state index contributed by atoms with van der Waals surface area (Å²) in [6.07, 6.45) is 11.4. The van der Waals surface area contributed by atoms with Crippen molar-refractivity contribution in [1.29, 1.82) is 0 Å². The van der Waals surface area contributed by atoms with Crippen molar-refractivity contribution in [2.24, 2.45) is 0 Å². The third-order valence-corrected chi connectivity index (χ3v) is 10.2. The molecule has 2 aromatic heterocycles. The Labute approximate surface area is 281 Å². The van der Waals surface area contributed by atoms with Crippen LogP contribution in [0, 0.1) is 0 Å². The van der Waals surface area contributed by atoms with Crippen LogP contribution in [0.3, 0.4) is 0 Å². The van der Waals surface area contributed by atoms with Gasteiger partial charge in [0.1, 0.15) is 0 Å². The summed E-state index contributed by atoms with van der Waals surface area (Å²) in [4.78, 5) is 5.00. The standard InChI is InChI=1S/C40H38Cl2N4/c41-31-11-17-35-37(43-21-1-2-22-43)19-25-45(39(35)27-31)33-13-7-29(8-14-33)5-6-30-9-15-34(16-10-30)46-26-20-38(44-23-3-4-24-44)36-18-12-32(42)28-40(36)46/h7-20,25-28H,1-6,21-24H2/q+2. The number of anilines is 2. The third kappa shape index (κ3) is 5.70. The van der Waals surface area contributed by atoms with E-state index >= 15 is 0 Å². The third-order valence-electron chi connectivity index (χ3n) is 9.78. The van der Waals surface area contributed by atoms with E-state index < -0.39 is 0 Å². The number of aryl methyl sites for hydroxylation is 2. The molecule has 2 aliphatic heterocycles. The van der Waals surface area contributed by atoms with E-state index in [-0.39, 0.29) is 0 Å². The smallest absolute Gasteiger partial charge is 0.221 e. The molecule has 2 fully saturated rings. The van der Waals surface area contributed by atoms with Gasteiger partial charge in [-0.1, -0.05) is 47.5 Å². The van der Waals surface area contributed by atoms with Crippen LogP contribution in [0.25, 0.3) is 33.2 Å². The zero-order chi connectivity index (χ0) is 31.0. The van der Waals surface area contributed by atoms with Crippen molar-refractivity contribution in [2.45, 2.75) is 38.5 Å². The SMILES string of the molecule is Clc1ccc2c(N3CCCC3)cc[n+](-c3ccc(CCc4ccc(-[n+]5ccc(N6CCCC6)c6ccc(Cl)cc65)cc4)cc3)c2c1. The predicted octanol–water partition coefficient (Wildman–Crippen LogP) is 8.84. The summed E-state index contributed by atoms with van der Waals surface area (Å²) in [6, 6.07) is 35.0. The van der Waals surface area contributed by atoms with Crippen molar-refractivity contribution in [1.82, 2.24) is 0 Å². The Kier molecular flexibility index (Phi) is 8.01. The second kappa shape index (κ2) is 12.6. The van der Waals surface area contributed by atoms with Crippen molar-refractivity contribution < 1.29 is 9.13 Å². The van der Waals surface area contributed by atoms with Crippen LogP contribution < -0.4 is 18.9 Å². The molecule has 2 aliphatic rings. The zero-order valence-electron chi connectivity index (χ0n) is 26.0. The van der Waals surface area contributed by atoms with Gasteiger partial charge in [0, 0.05) is 84.8 Å². The fraction of sp³-hybridized carbons (Fsp3) is 0.250. The average molecular weight is 646 g/mol. The van der Waals surface area contributed by atoms with E-state index in [9.17, 15) is 0 Å². The number of nitrogens with zero attached hydrogens (tertiary/aromatic N) is 4. The number of aromatic nitrogens is 2. The largest absolute Gasteiger partial charge is 0.371 e. The molecule has 0 spiro atoms. The first-order chi connectivity index (χ1) is 22.6. The molecule has 6 aromatic rings. The molecule has 0 radical (unpaired) electrons. The van der Waals surface area contributed by atoms with E-state index in [1.54, 1.807) is 0 Å². The van der Waals surface area contributed by atoms with Crippen LogP contribution in [0.5, 0.6) is 0 Å². The lowest BCUT2D eigenvalue weighted by Crippen LogP contribution is -2.32. The molecule has 46 heavy (non-hydrogen) atoms. The summed E-state index contributed by atoms with van der Waals surface area (Å²) in [7, 11) is 0. The zero-order valence-corrected chi connectivity index (χ0v) is 27.5. The topological polar surface area (TPSA) is 14.2 Å². The molecule has 0 atom stereocenters. The van der Waals surface area contributed by atoms with Crippen LogP contribution in [0.2, 0.25) is 10.0 Å². The lowest BCUT2D eigenvalue weighted by atomic mass is 10.0. The Balaban J connectivity index is 0.996. The minimum Gasteiger partial charge on any atom is -0.371 e. The fourth-order valence-corrected chi connectivity index (χ4v) is 7.66. The van der Waals surface area contributed by atoms with E-state index in [1.165, 1.54) is 59.0 Å². The molecular formula is C40H38Cl2N4+2. The Morgan fingerprint density at radius 1 is 0.478 bits per heavy atom. The second-order valence-corrected chi connectivity index (χ2v) is 13.6. The maximum atomic E-state index is 6.49. The summed E-state index contributed by atoms with van der Waals surface area (Å²) >= 11 is 13.0. The number of hydrogen-bond acceptors (Lipinski definition) is 2. The van der Waals surface area contributed by atoms with E-state index in [1.807, 2.05) is 12.1 Å². The van der Waals surface area contributed by atoms with Gasteiger partial charge in [0.25, 0.3) is 0 Å². The number of hydrogen-bond donors (Lipinski definition) is 0. The maximum absolute atomic E-state index is 6.49. The molecule has 8 rings (SSSR count). The highest BCUT2D eigenvalue weighted by molar-refractivity contribution is 6.31. The fourth-order valence-electron chi connectivity index (χ4n) is 7.32. The average Bonchev–Trinajstić information content (AvgIpc) is 3.83. The van der Waals surface area contributed by atoms with Gasteiger partial charge < -0.3 is 9.80 Å². The van der Waals surface area contributed by atoms with Gasteiger partial charge >= 0.3 is 0 Å². The quantitative estimate of drug-likeness (QED) is 0.161. The number of benzene rings is 4. The van der Waals surface area contributed by atoms with Gasteiger partial charge in [-0.25, -0.2) is 0 Å². The molecule has 4 heterocycles. The van der Waals surface area contributed by atoms with E-state index in [2.05, 4.69) is 116 Å². The highest BCUT2D eigenvalue weighted by Crippen LogP contribution is 2.31. The summed E-state index contributed by atoms with van der Waals surface area (Å²) < 4.78 is 4.52. The van der Waals surface area contributed by atoms with Gasteiger partial charge in [-0.3, -0.25) is 0 Å². The molecule has 0 saturated carbocycles. The van der Waals surface area contributed by atoms with Crippen molar-refractivity contribution in [2.75, 3.05) is 36.0 Å². The molecule has 0 amide bonds. The van der Waals surface area contributed by atoms with Gasteiger partial charge in [-0.15, -0.1) is 0 Å². The summed E-state index contributed by atoms with van der Waals surface area (Å²) in [5.41, 5.74) is 9.84. The Morgan fingerprint density at radius 2 is 0.870 bits per heavy atom. The van der Waals surface area contributed by atoms with Crippen LogP contribution in [0.15, 0.2) is 109 Å². The lowest BCUT2D eigenvalue weighted by Gasteiger charge is -2.19. The van der Waals surface area contributed by atoms with E-state index in [4.69, 9.17) is 23.2 Å². The molecule has 0 unspecified atom stereocenters. The van der Waals surface area contributed by atoms with Gasteiger partial charge in [-0.2, -0.15) is 9.13 Å². The highest BCUT2D eigenvalue weighted by Gasteiger charge is 2.23. The Hall–Kier alpha value is -4.12. The van der Waals surface area contributed by atoms with Crippen LogP contribution in [0.4, 0.5) is 11.4 Å². The molecule has 0 aliphatic carbocycles. The Morgan fingerprint density at radius 3 is 1.26 bits per heavy atom. The highest BCUT2D eigenvalue weighted by atomic mass is 35.5. The first-order valence-corrected chi connectivity index (χ1v) is 17.3. The van der Waals surface area contributed by atoms with Gasteiger partial charge in [0.15, 0.2) is 12.4 Å². The number of fused-ring (bicyclic) bond motifs is 2. The summed E-state index contributed by atoms with van der Waals surface area (Å²) in [5, 5.41) is 4.02. The Bertz CT molecular complexity index is 1880. The van der Waals surface area contributed by atoms with E-state index in [0.717, 1.165) is 71.5 Å². The van der Waals surface area contributed by atoms with Crippen LogP contribution >= 0.6 is 23.2 Å². The molecule has 0 bridgehead atoms. The lowest BCUT2D eigenvalue weighted by molar-refractivity contribution is -0.567. The normalized spacial score (nSPS) is 15.0. The molecule has 230 valence electrons. The monoisotopic (exact) mass is 644 g/mol. The molecule has 6 heteroatoms. The second-order valence-electron chi connectivity index (χ2n) is 12.7. The van der Waals surface area contributed by atoms with Gasteiger partial charge in [-0.05, 0) is 73.9 Å². The first-order valence-electron chi connectivity index (χ1n) is 16.6. The molecular weight excluding hydrogens is 607 g/mol. The van der Waals surface area contributed by atoms with Crippen molar-refractivity contribution >= 4 is 56.4 Å². The van der Waals surface area contributed by atoms with Crippen molar-refractivity contribution in [3.63, 3.8) is 0 Å². The van der Waals surface area contributed by atoms with Gasteiger partial charge in [0.2, 0.25) is 22.4 Å². The van der Waals surface area contributed by atoms with Crippen LogP contribution in [-0.4, -0.2) is 26.2 Å². The van der Waals surface area contributed by atoms with Crippen LogP contribution in [-0.2, 0) is 12.8 Å². The van der Waals surface area contributed by atoms with Crippen LogP contribution in [0.1, 0.15) is 36.8 Å². The molecule has 4 nitrogen and oxygen atoms in total. The molecule has 0 N–H and O–H groups in total. The van der Waals surface area contributed by atoms with Crippen molar-refractivity contribution in [3.05, 3.63) is 131 Å². The number of rotatable bonds is 7. The first kappa shape index (κ1) is 29.3. The summed E-state index contributed by atoms with van der Waals surface area (Å²) in [5.74, 6) is 0. The predicted molar refractivity (Wildman–Crippen MR) is 191 cm³/mol. The summed E-state index contributed by atoms with van der Waals surface area (Å²) in [6.45, 7) is 4.48. The van der Waals surface area contributed by atoms with E-state index in [0.29, 0.717) is 0 Å². The number of halogens is 2.